The van der Waals surface area contributed by atoms with Gasteiger partial charge in [-0.05, 0) is 46.2 Å². The van der Waals surface area contributed by atoms with Crippen molar-refractivity contribution in [2.75, 3.05) is 18.4 Å². The molecule has 0 rings (SSSR count). The summed E-state index contributed by atoms with van der Waals surface area (Å²) < 4.78 is 0. The summed E-state index contributed by atoms with van der Waals surface area (Å²) in [5, 5.41) is 1.17. The number of unbranched alkanes of at least 4 members (excludes halogenated alkanes) is 6. The number of halogens is 1. The van der Waals surface area contributed by atoms with E-state index in [0.29, 0.717) is 6.04 Å². The molecule has 0 radical (unpaired) electrons. The lowest BCUT2D eigenvalue weighted by Gasteiger charge is -2.25. The van der Waals surface area contributed by atoms with Crippen LogP contribution in [-0.4, -0.2) is 29.4 Å². The molecular formula is C15H32BrN. The minimum Gasteiger partial charge on any atom is -0.301 e. The first-order valence-electron chi connectivity index (χ1n) is 7.52. The maximum absolute atomic E-state index is 3.48. The molecule has 0 N–H and O–H groups in total. The van der Waals surface area contributed by atoms with Crippen LogP contribution in [0.1, 0.15) is 72.1 Å². The van der Waals surface area contributed by atoms with E-state index in [0.717, 1.165) is 0 Å². The first-order chi connectivity index (χ1) is 8.22. The molecular weight excluding hydrogens is 274 g/mol. The van der Waals surface area contributed by atoms with Crippen LogP contribution in [-0.2, 0) is 0 Å². The fraction of sp³-hybridized carbons (Fsp3) is 1.00. The van der Waals surface area contributed by atoms with E-state index in [4.69, 9.17) is 0 Å². The zero-order chi connectivity index (χ0) is 12.9. The standard InChI is InChI=1S/C15H32BrN/c1-4-13-17(15(2)3)14-11-9-7-5-6-8-10-12-16/h15H,4-14H2,1-3H3. The summed E-state index contributed by atoms with van der Waals surface area (Å²) >= 11 is 3.48. The van der Waals surface area contributed by atoms with Crippen molar-refractivity contribution in [2.24, 2.45) is 0 Å². The van der Waals surface area contributed by atoms with Crippen molar-refractivity contribution >= 4 is 15.9 Å². The van der Waals surface area contributed by atoms with E-state index in [1.807, 2.05) is 0 Å². The van der Waals surface area contributed by atoms with Crippen molar-refractivity contribution in [2.45, 2.75) is 78.2 Å². The second-order valence-corrected chi connectivity index (χ2v) is 6.09. The molecule has 0 saturated heterocycles. The van der Waals surface area contributed by atoms with Crippen LogP contribution in [0.15, 0.2) is 0 Å². The monoisotopic (exact) mass is 305 g/mol. The van der Waals surface area contributed by atoms with Crippen LogP contribution < -0.4 is 0 Å². The smallest absolute Gasteiger partial charge is 0.00385 e. The number of hydrogen-bond acceptors (Lipinski definition) is 1. The van der Waals surface area contributed by atoms with Crippen molar-refractivity contribution in [1.82, 2.24) is 4.90 Å². The molecule has 0 heterocycles. The van der Waals surface area contributed by atoms with E-state index in [1.165, 1.54) is 69.8 Å². The van der Waals surface area contributed by atoms with E-state index in [-0.39, 0.29) is 0 Å². The lowest BCUT2D eigenvalue weighted by atomic mass is 10.1. The molecule has 0 aromatic carbocycles. The van der Waals surface area contributed by atoms with Crippen LogP contribution in [0.3, 0.4) is 0 Å². The predicted octanol–water partition coefficient (Wildman–Crippen LogP) is 5.23. The van der Waals surface area contributed by atoms with Crippen LogP contribution in [0, 0.1) is 0 Å². The Hall–Kier alpha value is 0.440. The quantitative estimate of drug-likeness (QED) is 0.352. The van der Waals surface area contributed by atoms with Gasteiger partial charge in [0, 0.05) is 11.4 Å². The molecule has 0 aliphatic carbocycles. The summed E-state index contributed by atoms with van der Waals surface area (Å²) in [5.74, 6) is 0. The van der Waals surface area contributed by atoms with E-state index in [1.54, 1.807) is 0 Å². The van der Waals surface area contributed by atoms with Gasteiger partial charge in [-0.3, -0.25) is 0 Å². The lowest BCUT2D eigenvalue weighted by Crippen LogP contribution is -2.32. The van der Waals surface area contributed by atoms with Crippen LogP contribution >= 0.6 is 15.9 Å². The van der Waals surface area contributed by atoms with Gasteiger partial charge in [0.2, 0.25) is 0 Å². The van der Waals surface area contributed by atoms with Crippen molar-refractivity contribution in [3.8, 4) is 0 Å². The molecule has 2 heteroatoms. The average molecular weight is 306 g/mol. The van der Waals surface area contributed by atoms with Crippen LogP contribution in [0.25, 0.3) is 0 Å². The van der Waals surface area contributed by atoms with Gasteiger partial charge in [-0.1, -0.05) is 55.0 Å². The Labute approximate surface area is 117 Å². The highest BCUT2D eigenvalue weighted by Gasteiger charge is 2.06. The third-order valence-electron chi connectivity index (χ3n) is 3.32. The van der Waals surface area contributed by atoms with E-state index >= 15 is 0 Å². The molecule has 1 nitrogen and oxygen atoms in total. The minimum absolute atomic E-state index is 0.717. The first-order valence-corrected chi connectivity index (χ1v) is 8.64. The molecule has 104 valence electrons. The molecule has 0 saturated carbocycles. The summed E-state index contributed by atoms with van der Waals surface area (Å²) in [4.78, 5) is 2.62. The van der Waals surface area contributed by atoms with Crippen LogP contribution in [0.5, 0.6) is 0 Å². The predicted molar refractivity (Wildman–Crippen MR) is 83.1 cm³/mol. The Morgan fingerprint density at radius 1 is 0.824 bits per heavy atom. The van der Waals surface area contributed by atoms with Gasteiger partial charge in [0.15, 0.2) is 0 Å². The molecule has 0 bridgehead atoms. The molecule has 17 heavy (non-hydrogen) atoms. The summed E-state index contributed by atoms with van der Waals surface area (Å²) in [6.45, 7) is 9.47. The molecule has 0 aromatic heterocycles. The number of hydrogen-bond donors (Lipinski definition) is 0. The fourth-order valence-electron chi connectivity index (χ4n) is 2.21. The number of rotatable bonds is 12. The highest BCUT2D eigenvalue weighted by Crippen LogP contribution is 2.09. The van der Waals surface area contributed by atoms with Gasteiger partial charge in [0.05, 0.1) is 0 Å². The Balaban J connectivity index is 3.30. The maximum Gasteiger partial charge on any atom is 0.00385 e. The molecule has 0 fully saturated rings. The van der Waals surface area contributed by atoms with Gasteiger partial charge in [0.25, 0.3) is 0 Å². The summed E-state index contributed by atoms with van der Waals surface area (Å²) in [5.41, 5.74) is 0. The summed E-state index contributed by atoms with van der Waals surface area (Å²) in [7, 11) is 0. The van der Waals surface area contributed by atoms with Crippen molar-refractivity contribution in [3.63, 3.8) is 0 Å². The van der Waals surface area contributed by atoms with Gasteiger partial charge in [0.1, 0.15) is 0 Å². The normalized spacial score (nSPS) is 11.6. The van der Waals surface area contributed by atoms with Crippen LogP contribution in [0.2, 0.25) is 0 Å². The largest absolute Gasteiger partial charge is 0.301 e. The van der Waals surface area contributed by atoms with Gasteiger partial charge >= 0.3 is 0 Å². The number of alkyl halides is 1. The summed E-state index contributed by atoms with van der Waals surface area (Å²) in [6.07, 6.45) is 11.1. The van der Waals surface area contributed by atoms with Gasteiger partial charge in [-0.15, -0.1) is 0 Å². The fourth-order valence-corrected chi connectivity index (χ4v) is 2.61. The third-order valence-corrected chi connectivity index (χ3v) is 3.88. The molecule has 0 amide bonds. The van der Waals surface area contributed by atoms with E-state index < -0.39 is 0 Å². The van der Waals surface area contributed by atoms with Crippen molar-refractivity contribution in [1.29, 1.82) is 0 Å². The molecule has 0 aromatic rings. The average Bonchev–Trinajstić information content (AvgIpc) is 2.31. The lowest BCUT2D eigenvalue weighted by molar-refractivity contribution is 0.217. The highest BCUT2D eigenvalue weighted by atomic mass is 79.9. The molecule has 0 aliphatic heterocycles. The molecule has 0 unspecified atom stereocenters. The second-order valence-electron chi connectivity index (χ2n) is 5.29. The van der Waals surface area contributed by atoms with Gasteiger partial charge in [-0.2, -0.15) is 0 Å². The maximum atomic E-state index is 3.48. The highest BCUT2D eigenvalue weighted by molar-refractivity contribution is 9.09. The first kappa shape index (κ1) is 17.4. The molecule has 0 atom stereocenters. The topological polar surface area (TPSA) is 3.24 Å². The third kappa shape index (κ3) is 11.3. The zero-order valence-corrected chi connectivity index (χ0v) is 13.8. The van der Waals surface area contributed by atoms with E-state index in [9.17, 15) is 0 Å². The van der Waals surface area contributed by atoms with Crippen LogP contribution in [0.4, 0.5) is 0 Å². The number of nitrogens with zero attached hydrogens (tertiary/aromatic N) is 1. The zero-order valence-electron chi connectivity index (χ0n) is 12.2. The Morgan fingerprint density at radius 2 is 1.35 bits per heavy atom. The Bertz CT molecular complexity index is 148. The Kier molecular flexibility index (Phi) is 13.2. The van der Waals surface area contributed by atoms with Gasteiger partial charge in [-0.25, -0.2) is 0 Å². The summed E-state index contributed by atoms with van der Waals surface area (Å²) in [6, 6.07) is 0.717. The molecule has 0 spiro atoms. The Morgan fingerprint density at radius 3 is 1.82 bits per heavy atom. The minimum atomic E-state index is 0.717. The SMILES string of the molecule is CCCN(CCCCCCCCCBr)C(C)C. The van der Waals surface area contributed by atoms with E-state index in [2.05, 4.69) is 41.6 Å². The van der Waals surface area contributed by atoms with Gasteiger partial charge < -0.3 is 4.90 Å². The van der Waals surface area contributed by atoms with Crippen molar-refractivity contribution in [3.05, 3.63) is 0 Å². The second kappa shape index (κ2) is 12.9. The van der Waals surface area contributed by atoms with Crippen molar-refractivity contribution < 1.29 is 0 Å². The molecule has 0 aliphatic rings.